The first-order valence-electron chi connectivity index (χ1n) is 4.49. The van der Waals surface area contributed by atoms with E-state index >= 15 is 0 Å². The molecule has 1 fully saturated rings. The van der Waals surface area contributed by atoms with Crippen molar-refractivity contribution in [2.24, 2.45) is 0 Å². The molecule has 0 aliphatic carbocycles. The summed E-state index contributed by atoms with van der Waals surface area (Å²) in [6.07, 6.45) is 0.511. The van der Waals surface area contributed by atoms with Gasteiger partial charge in [-0.15, -0.1) is 0 Å². The van der Waals surface area contributed by atoms with Crippen LogP contribution in [0.2, 0.25) is 0 Å². The van der Waals surface area contributed by atoms with Gasteiger partial charge in [0.1, 0.15) is 0 Å². The van der Waals surface area contributed by atoms with Crippen molar-refractivity contribution in [3.8, 4) is 0 Å². The Balaban J connectivity index is 2.60. The normalized spacial score (nSPS) is 23.8. The van der Waals surface area contributed by atoms with Gasteiger partial charge in [-0.3, -0.25) is 0 Å². The Morgan fingerprint density at radius 1 is 1.31 bits per heavy atom. The second-order valence-corrected chi connectivity index (χ2v) is 4.90. The van der Waals surface area contributed by atoms with Crippen LogP contribution in [-0.4, -0.2) is 54.9 Å². The quantitative estimate of drug-likeness (QED) is 0.661. The smallest absolute Gasteiger partial charge is 0.282 e. The van der Waals surface area contributed by atoms with Gasteiger partial charge in [-0.1, -0.05) is 6.92 Å². The van der Waals surface area contributed by atoms with Crippen LogP contribution >= 0.6 is 0 Å². The molecule has 1 heterocycles. The number of likely N-dealkylation sites (N-methyl/N-ethyl adjacent to an activating group) is 1. The van der Waals surface area contributed by atoms with Crippen molar-refractivity contribution in [2.45, 2.75) is 13.3 Å². The molecule has 0 unspecified atom stereocenters. The molecular weight excluding hydrogens is 192 g/mol. The van der Waals surface area contributed by atoms with Crippen molar-refractivity contribution in [3.63, 3.8) is 0 Å². The molecule has 5 nitrogen and oxygen atoms in total. The Labute approximate surface area is 79.1 Å². The molecule has 0 amide bonds. The standard InChI is InChI=1S/C7H16N2O3S/c1-2-8-5-6-9(4-3-7-10)13(8,11)12/h10H,2-7H2,1H3. The molecule has 78 valence electrons. The maximum absolute atomic E-state index is 11.6. The molecular formula is C7H16N2O3S. The molecule has 1 aliphatic heterocycles. The van der Waals surface area contributed by atoms with E-state index in [0.29, 0.717) is 32.6 Å². The van der Waals surface area contributed by atoms with Crippen molar-refractivity contribution in [1.29, 1.82) is 0 Å². The Hall–Kier alpha value is -0.170. The summed E-state index contributed by atoms with van der Waals surface area (Å²) in [4.78, 5) is 0. The van der Waals surface area contributed by atoms with Crippen LogP contribution in [0.15, 0.2) is 0 Å². The largest absolute Gasteiger partial charge is 0.396 e. The lowest BCUT2D eigenvalue weighted by Crippen LogP contribution is -2.33. The Morgan fingerprint density at radius 2 is 1.92 bits per heavy atom. The van der Waals surface area contributed by atoms with Crippen LogP contribution in [0.5, 0.6) is 0 Å². The summed E-state index contributed by atoms with van der Waals surface area (Å²) in [6, 6.07) is 0. The van der Waals surface area contributed by atoms with E-state index < -0.39 is 10.2 Å². The Bertz CT molecular complexity index is 252. The van der Waals surface area contributed by atoms with E-state index in [1.165, 1.54) is 8.61 Å². The van der Waals surface area contributed by atoms with Gasteiger partial charge in [0, 0.05) is 32.8 Å². The summed E-state index contributed by atoms with van der Waals surface area (Å²) < 4.78 is 26.1. The van der Waals surface area contributed by atoms with Crippen LogP contribution in [0.3, 0.4) is 0 Å². The lowest BCUT2D eigenvalue weighted by Gasteiger charge is -2.16. The third-order valence-electron chi connectivity index (χ3n) is 2.17. The van der Waals surface area contributed by atoms with Crippen LogP contribution in [-0.2, 0) is 10.2 Å². The number of hydrogen-bond donors (Lipinski definition) is 1. The van der Waals surface area contributed by atoms with Crippen molar-refractivity contribution < 1.29 is 13.5 Å². The summed E-state index contributed by atoms with van der Waals surface area (Å²) in [7, 11) is -3.19. The second-order valence-electron chi connectivity index (χ2n) is 2.98. The molecule has 0 aromatic carbocycles. The number of aliphatic hydroxyl groups is 1. The van der Waals surface area contributed by atoms with E-state index in [0.717, 1.165) is 0 Å². The highest BCUT2D eigenvalue weighted by Crippen LogP contribution is 2.15. The zero-order valence-electron chi connectivity index (χ0n) is 7.81. The fraction of sp³-hybridized carbons (Fsp3) is 1.00. The monoisotopic (exact) mass is 208 g/mol. The Morgan fingerprint density at radius 3 is 2.38 bits per heavy atom. The molecule has 0 bridgehead atoms. The van der Waals surface area contributed by atoms with E-state index in [1.807, 2.05) is 6.92 Å². The minimum absolute atomic E-state index is 0.0398. The Kier molecular flexibility index (Phi) is 3.66. The van der Waals surface area contributed by atoms with E-state index in [1.54, 1.807) is 0 Å². The summed E-state index contributed by atoms with van der Waals surface area (Å²) in [6.45, 7) is 3.94. The lowest BCUT2D eigenvalue weighted by atomic mass is 10.4. The molecule has 6 heteroatoms. The maximum Gasteiger partial charge on any atom is 0.282 e. The average Bonchev–Trinajstić information content (AvgIpc) is 2.37. The highest BCUT2D eigenvalue weighted by atomic mass is 32.2. The van der Waals surface area contributed by atoms with Gasteiger partial charge in [-0.2, -0.15) is 17.0 Å². The fourth-order valence-corrected chi connectivity index (χ4v) is 3.05. The summed E-state index contributed by atoms with van der Waals surface area (Å²) in [5.41, 5.74) is 0. The third-order valence-corrected chi connectivity index (χ3v) is 4.28. The lowest BCUT2D eigenvalue weighted by molar-refractivity contribution is 0.273. The molecule has 0 aromatic rings. The van der Waals surface area contributed by atoms with Gasteiger partial charge >= 0.3 is 0 Å². The zero-order chi connectivity index (χ0) is 9.90. The van der Waals surface area contributed by atoms with E-state index in [-0.39, 0.29) is 6.61 Å². The number of aliphatic hydroxyl groups excluding tert-OH is 1. The summed E-state index contributed by atoms with van der Waals surface area (Å²) >= 11 is 0. The first-order chi connectivity index (χ1) is 6.12. The topological polar surface area (TPSA) is 60.9 Å². The van der Waals surface area contributed by atoms with Gasteiger partial charge in [0.05, 0.1) is 0 Å². The molecule has 0 radical (unpaired) electrons. The second kappa shape index (κ2) is 4.36. The van der Waals surface area contributed by atoms with Gasteiger partial charge in [0.2, 0.25) is 0 Å². The van der Waals surface area contributed by atoms with Crippen LogP contribution in [0, 0.1) is 0 Å². The maximum atomic E-state index is 11.6. The van der Waals surface area contributed by atoms with E-state index in [9.17, 15) is 8.42 Å². The van der Waals surface area contributed by atoms with Gasteiger partial charge in [-0.25, -0.2) is 0 Å². The predicted molar refractivity (Wildman–Crippen MR) is 49.4 cm³/mol. The molecule has 1 rings (SSSR count). The van der Waals surface area contributed by atoms with Gasteiger partial charge in [0.25, 0.3) is 10.2 Å². The average molecular weight is 208 g/mol. The highest BCUT2D eigenvalue weighted by molar-refractivity contribution is 7.87. The molecule has 1 aliphatic rings. The third kappa shape index (κ3) is 2.19. The van der Waals surface area contributed by atoms with E-state index in [2.05, 4.69) is 0 Å². The van der Waals surface area contributed by atoms with Gasteiger partial charge in [0.15, 0.2) is 0 Å². The molecule has 0 spiro atoms. The van der Waals surface area contributed by atoms with Crippen molar-refractivity contribution in [3.05, 3.63) is 0 Å². The van der Waals surface area contributed by atoms with Gasteiger partial charge in [-0.05, 0) is 6.42 Å². The van der Waals surface area contributed by atoms with Crippen LogP contribution < -0.4 is 0 Å². The molecule has 0 saturated carbocycles. The number of nitrogens with zero attached hydrogens (tertiary/aromatic N) is 2. The number of hydrogen-bond acceptors (Lipinski definition) is 3. The van der Waals surface area contributed by atoms with Crippen molar-refractivity contribution in [1.82, 2.24) is 8.61 Å². The first-order valence-corrected chi connectivity index (χ1v) is 5.88. The van der Waals surface area contributed by atoms with Crippen LogP contribution in [0.1, 0.15) is 13.3 Å². The molecule has 0 aromatic heterocycles. The fourth-order valence-electron chi connectivity index (χ4n) is 1.41. The number of rotatable bonds is 4. The van der Waals surface area contributed by atoms with Crippen LogP contribution in [0.25, 0.3) is 0 Å². The molecule has 0 atom stereocenters. The van der Waals surface area contributed by atoms with Crippen molar-refractivity contribution >= 4 is 10.2 Å². The van der Waals surface area contributed by atoms with Crippen LogP contribution in [0.4, 0.5) is 0 Å². The first kappa shape index (κ1) is 10.9. The SMILES string of the molecule is CCN1CCN(CCCO)S1(=O)=O. The zero-order valence-corrected chi connectivity index (χ0v) is 8.63. The minimum atomic E-state index is -3.19. The molecule has 13 heavy (non-hydrogen) atoms. The van der Waals surface area contributed by atoms with E-state index in [4.69, 9.17) is 5.11 Å². The molecule has 1 N–H and O–H groups in total. The van der Waals surface area contributed by atoms with Gasteiger partial charge < -0.3 is 5.11 Å². The van der Waals surface area contributed by atoms with Crippen molar-refractivity contribution in [2.75, 3.05) is 32.8 Å². The molecule has 1 saturated heterocycles. The summed E-state index contributed by atoms with van der Waals surface area (Å²) in [5.74, 6) is 0. The summed E-state index contributed by atoms with van der Waals surface area (Å²) in [5, 5.41) is 8.58. The predicted octanol–water partition coefficient (Wildman–Crippen LogP) is -0.749. The minimum Gasteiger partial charge on any atom is -0.396 e. The highest BCUT2D eigenvalue weighted by Gasteiger charge is 2.34.